The number of furan rings is 1. The van der Waals surface area contributed by atoms with E-state index in [1.54, 1.807) is 18.2 Å². The molecule has 1 saturated heterocycles. The van der Waals surface area contributed by atoms with E-state index >= 15 is 0 Å². The molecule has 0 radical (unpaired) electrons. The van der Waals surface area contributed by atoms with Gasteiger partial charge in [-0.3, -0.25) is 14.4 Å². The van der Waals surface area contributed by atoms with Gasteiger partial charge in [-0.05, 0) is 36.2 Å². The quantitative estimate of drug-likeness (QED) is 0.434. The van der Waals surface area contributed by atoms with Crippen LogP contribution in [0.2, 0.25) is 0 Å². The number of ketones is 2. The number of nitrogens with zero attached hydrogens (tertiary/aromatic N) is 1. The average Bonchev–Trinajstić information content (AvgIpc) is 3.21. The third kappa shape index (κ3) is 3.74. The maximum absolute atomic E-state index is 13.0. The summed E-state index contributed by atoms with van der Waals surface area (Å²) in [5.74, 6) is -2.42. The Bertz CT molecular complexity index is 825. The highest BCUT2D eigenvalue weighted by Gasteiger charge is 2.43. The minimum absolute atomic E-state index is 0.0746. The van der Waals surface area contributed by atoms with Crippen molar-refractivity contribution < 1.29 is 23.2 Å². The lowest BCUT2D eigenvalue weighted by Crippen LogP contribution is -2.28. The molecule has 1 atom stereocenters. The predicted molar refractivity (Wildman–Crippen MR) is 92.2 cm³/mol. The highest BCUT2D eigenvalue weighted by Crippen LogP contribution is 2.22. The van der Waals surface area contributed by atoms with Gasteiger partial charge < -0.3 is 9.32 Å². The number of benzene rings is 1. The summed E-state index contributed by atoms with van der Waals surface area (Å²) in [4.78, 5) is 38.2. The minimum atomic E-state index is -0.996. The number of hydrogen-bond acceptors (Lipinski definition) is 4. The van der Waals surface area contributed by atoms with Crippen molar-refractivity contribution in [2.24, 2.45) is 5.92 Å². The molecule has 1 unspecified atom stereocenters. The van der Waals surface area contributed by atoms with Gasteiger partial charge in [-0.15, -0.1) is 0 Å². The molecule has 3 rings (SSSR count). The van der Waals surface area contributed by atoms with Gasteiger partial charge >= 0.3 is 0 Å². The molecular weight excluding hydrogens is 337 g/mol. The van der Waals surface area contributed by atoms with Crippen molar-refractivity contribution in [3.8, 4) is 0 Å². The van der Waals surface area contributed by atoms with Gasteiger partial charge in [0.1, 0.15) is 17.5 Å². The molecule has 0 N–H and O–H groups in total. The first kappa shape index (κ1) is 18.0. The summed E-state index contributed by atoms with van der Waals surface area (Å²) in [7, 11) is 0. The summed E-state index contributed by atoms with van der Waals surface area (Å²) >= 11 is 0. The van der Waals surface area contributed by atoms with Crippen molar-refractivity contribution in [2.45, 2.75) is 26.2 Å². The van der Waals surface area contributed by atoms with E-state index in [-0.39, 0.29) is 18.1 Å². The van der Waals surface area contributed by atoms with Crippen LogP contribution in [-0.2, 0) is 16.0 Å². The number of carbonyl (C=O) groups excluding carboxylic acids is 3. The summed E-state index contributed by atoms with van der Waals surface area (Å²) in [5, 5.41) is 0. The van der Waals surface area contributed by atoms with Crippen molar-refractivity contribution in [3.63, 3.8) is 0 Å². The first-order chi connectivity index (χ1) is 12.5. The van der Waals surface area contributed by atoms with Crippen LogP contribution in [0.5, 0.6) is 0 Å². The Kier molecular flexibility index (Phi) is 5.30. The normalized spacial score (nSPS) is 17.2. The fourth-order valence-electron chi connectivity index (χ4n) is 3.02. The van der Waals surface area contributed by atoms with Crippen LogP contribution in [0.25, 0.3) is 0 Å². The molecule has 1 aromatic carbocycles. The molecule has 0 saturated carbocycles. The van der Waals surface area contributed by atoms with Crippen LogP contribution in [0.3, 0.4) is 0 Å². The molecule has 0 bridgehead atoms. The molecule has 1 amide bonds. The fourth-order valence-corrected chi connectivity index (χ4v) is 3.02. The van der Waals surface area contributed by atoms with E-state index in [2.05, 4.69) is 0 Å². The zero-order valence-corrected chi connectivity index (χ0v) is 14.5. The van der Waals surface area contributed by atoms with Crippen LogP contribution < -0.4 is 0 Å². The number of rotatable bonds is 7. The summed E-state index contributed by atoms with van der Waals surface area (Å²) < 4.78 is 18.5. The second-order valence-corrected chi connectivity index (χ2v) is 6.46. The summed E-state index contributed by atoms with van der Waals surface area (Å²) in [6.45, 7) is 2.60. The van der Waals surface area contributed by atoms with Gasteiger partial charge in [-0.25, -0.2) is 4.39 Å². The standard InChI is InChI=1S/C20H20FNO4/c1-2-3-10-22-12-16(19(24)20(22)25)18(23)17-9-8-15(26-17)11-13-4-6-14(21)7-5-13/h4-9,16H,2-3,10-12H2,1H3. The monoisotopic (exact) mass is 357 g/mol. The smallest absolute Gasteiger partial charge is 0.290 e. The van der Waals surface area contributed by atoms with Crippen molar-refractivity contribution in [1.29, 1.82) is 0 Å². The molecule has 2 aromatic rings. The van der Waals surface area contributed by atoms with Crippen LogP contribution in [0.1, 0.15) is 41.6 Å². The first-order valence-corrected chi connectivity index (χ1v) is 8.70. The fraction of sp³-hybridized carbons (Fsp3) is 0.350. The minimum Gasteiger partial charge on any atom is -0.458 e. The average molecular weight is 357 g/mol. The van der Waals surface area contributed by atoms with Crippen molar-refractivity contribution in [2.75, 3.05) is 13.1 Å². The Hall–Kier alpha value is -2.76. The van der Waals surface area contributed by atoms with Gasteiger partial charge in [-0.1, -0.05) is 25.5 Å². The topological polar surface area (TPSA) is 67.6 Å². The van der Waals surface area contributed by atoms with E-state index < -0.39 is 23.4 Å². The van der Waals surface area contributed by atoms with Crippen LogP contribution in [0.4, 0.5) is 4.39 Å². The molecule has 1 aliphatic rings. The molecular formula is C20H20FNO4. The Morgan fingerprint density at radius 2 is 1.92 bits per heavy atom. The maximum Gasteiger partial charge on any atom is 0.290 e. The lowest BCUT2D eigenvalue weighted by molar-refractivity contribution is -0.140. The first-order valence-electron chi connectivity index (χ1n) is 8.70. The SMILES string of the molecule is CCCCN1CC(C(=O)c2ccc(Cc3ccc(F)cc3)o2)C(=O)C1=O. The molecule has 6 heteroatoms. The number of carbonyl (C=O) groups is 3. The highest BCUT2D eigenvalue weighted by atomic mass is 19.1. The number of amides is 1. The second kappa shape index (κ2) is 7.64. The number of unbranched alkanes of at least 4 members (excludes halogenated alkanes) is 1. The summed E-state index contributed by atoms with van der Waals surface area (Å²) in [6, 6.07) is 9.19. The van der Waals surface area contributed by atoms with Gasteiger partial charge in [0.05, 0.1) is 0 Å². The zero-order chi connectivity index (χ0) is 18.7. The highest BCUT2D eigenvalue weighted by molar-refractivity contribution is 6.43. The van der Waals surface area contributed by atoms with Gasteiger partial charge in [0.25, 0.3) is 5.91 Å². The van der Waals surface area contributed by atoms with Crippen molar-refractivity contribution in [3.05, 3.63) is 59.3 Å². The predicted octanol–water partition coefficient (Wildman–Crippen LogP) is 3.02. The molecule has 136 valence electrons. The molecule has 2 heterocycles. The van der Waals surface area contributed by atoms with E-state index in [0.717, 1.165) is 18.4 Å². The molecule has 0 spiro atoms. The van der Waals surface area contributed by atoms with E-state index in [0.29, 0.717) is 18.7 Å². The van der Waals surface area contributed by atoms with E-state index in [9.17, 15) is 18.8 Å². The van der Waals surface area contributed by atoms with E-state index in [4.69, 9.17) is 4.42 Å². The Labute approximate surface area is 150 Å². The Morgan fingerprint density at radius 1 is 1.19 bits per heavy atom. The van der Waals surface area contributed by atoms with E-state index in [1.165, 1.54) is 23.1 Å². The lowest BCUT2D eigenvalue weighted by atomic mass is 10.0. The molecule has 1 aliphatic heterocycles. The molecule has 5 nitrogen and oxygen atoms in total. The molecule has 1 fully saturated rings. The van der Waals surface area contributed by atoms with Gasteiger partial charge in [0.2, 0.25) is 11.6 Å². The zero-order valence-electron chi connectivity index (χ0n) is 14.5. The number of halogens is 1. The number of Topliss-reactive ketones (excluding diaryl/α,β-unsaturated/α-hetero) is 2. The number of hydrogen-bond donors (Lipinski definition) is 0. The Balaban J connectivity index is 1.68. The van der Waals surface area contributed by atoms with Crippen LogP contribution in [0.15, 0.2) is 40.8 Å². The molecule has 26 heavy (non-hydrogen) atoms. The van der Waals surface area contributed by atoms with E-state index in [1.807, 2.05) is 6.92 Å². The van der Waals surface area contributed by atoms with Gasteiger partial charge in [0.15, 0.2) is 5.76 Å². The van der Waals surface area contributed by atoms with Gasteiger partial charge in [0, 0.05) is 19.5 Å². The van der Waals surface area contributed by atoms with Crippen molar-refractivity contribution in [1.82, 2.24) is 4.90 Å². The summed E-state index contributed by atoms with van der Waals surface area (Å²) in [6.07, 6.45) is 2.11. The third-order valence-corrected chi connectivity index (χ3v) is 4.51. The van der Waals surface area contributed by atoms with Crippen molar-refractivity contribution >= 4 is 17.5 Å². The van der Waals surface area contributed by atoms with Crippen LogP contribution >= 0.6 is 0 Å². The van der Waals surface area contributed by atoms with Gasteiger partial charge in [-0.2, -0.15) is 0 Å². The maximum atomic E-state index is 13.0. The van der Waals surface area contributed by atoms with Crippen LogP contribution in [0, 0.1) is 11.7 Å². The summed E-state index contributed by atoms with van der Waals surface area (Å²) in [5.41, 5.74) is 0.845. The lowest BCUT2D eigenvalue weighted by Gasteiger charge is -2.13. The second-order valence-electron chi connectivity index (χ2n) is 6.46. The third-order valence-electron chi connectivity index (χ3n) is 4.51. The molecule has 0 aliphatic carbocycles. The number of likely N-dealkylation sites (tertiary alicyclic amines) is 1. The van der Waals surface area contributed by atoms with Crippen LogP contribution in [-0.4, -0.2) is 35.5 Å². The molecule has 1 aromatic heterocycles. The largest absolute Gasteiger partial charge is 0.458 e. The Morgan fingerprint density at radius 3 is 2.62 bits per heavy atom.